The third-order valence-electron chi connectivity index (χ3n) is 2.76. The second-order valence-corrected chi connectivity index (χ2v) is 4.94. The standard InChI is InChI=1S/C13H7ClF7N3.ClH/c14-8-3-7(5-23-10(8)12(16,17)18)22-4-6-1-2-9(15)11(24-6)13(19,20)21;/h1-3,5,22H,4H2;1H. The van der Waals surface area contributed by atoms with Gasteiger partial charge in [-0.05, 0) is 18.2 Å². The first-order valence-corrected chi connectivity index (χ1v) is 6.55. The van der Waals surface area contributed by atoms with Gasteiger partial charge < -0.3 is 5.32 Å². The molecule has 0 aliphatic heterocycles. The molecule has 0 saturated heterocycles. The van der Waals surface area contributed by atoms with Gasteiger partial charge in [-0.3, -0.25) is 0 Å². The number of alkyl halides is 6. The Morgan fingerprint density at radius 3 is 2.12 bits per heavy atom. The van der Waals surface area contributed by atoms with Crippen molar-refractivity contribution in [3.05, 3.63) is 52.3 Å². The fourth-order valence-corrected chi connectivity index (χ4v) is 1.99. The molecule has 2 aromatic rings. The molecule has 0 spiro atoms. The highest BCUT2D eigenvalue weighted by Crippen LogP contribution is 2.34. The molecule has 1 N–H and O–H groups in total. The van der Waals surface area contributed by atoms with E-state index in [4.69, 9.17) is 11.6 Å². The van der Waals surface area contributed by atoms with Gasteiger partial charge in [0.25, 0.3) is 0 Å². The van der Waals surface area contributed by atoms with Gasteiger partial charge in [-0.15, -0.1) is 12.4 Å². The molecule has 0 fully saturated rings. The summed E-state index contributed by atoms with van der Waals surface area (Å²) in [6, 6.07) is 2.53. The Bertz CT molecular complexity index is 747. The summed E-state index contributed by atoms with van der Waals surface area (Å²) >= 11 is 5.47. The summed E-state index contributed by atoms with van der Waals surface area (Å²) < 4.78 is 88.3. The van der Waals surface area contributed by atoms with Crippen molar-refractivity contribution in [3.63, 3.8) is 0 Å². The van der Waals surface area contributed by atoms with E-state index in [0.717, 1.165) is 18.3 Å². The van der Waals surface area contributed by atoms with Gasteiger partial charge >= 0.3 is 12.4 Å². The van der Waals surface area contributed by atoms with Crippen molar-refractivity contribution in [3.8, 4) is 0 Å². The third-order valence-corrected chi connectivity index (χ3v) is 3.04. The van der Waals surface area contributed by atoms with Crippen LogP contribution < -0.4 is 5.32 Å². The van der Waals surface area contributed by atoms with Gasteiger partial charge in [-0.25, -0.2) is 14.4 Å². The molecule has 0 atom stereocenters. The molecule has 12 heteroatoms. The number of anilines is 1. The fraction of sp³-hybridized carbons (Fsp3) is 0.231. The number of nitrogens with zero attached hydrogens (tertiary/aromatic N) is 2. The predicted octanol–water partition coefficient (Wildman–Crippen LogP) is 5.34. The monoisotopic (exact) mass is 409 g/mol. The van der Waals surface area contributed by atoms with E-state index in [9.17, 15) is 30.7 Å². The largest absolute Gasteiger partial charge is 0.436 e. The van der Waals surface area contributed by atoms with Crippen molar-refractivity contribution in [2.45, 2.75) is 18.9 Å². The minimum absolute atomic E-state index is 0. The van der Waals surface area contributed by atoms with Crippen LogP contribution in [-0.4, -0.2) is 9.97 Å². The Labute approximate surface area is 147 Å². The molecule has 0 unspecified atom stereocenters. The van der Waals surface area contributed by atoms with Crippen LogP contribution in [0.5, 0.6) is 0 Å². The summed E-state index contributed by atoms with van der Waals surface area (Å²) in [5, 5.41) is 1.84. The highest BCUT2D eigenvalue weighted by Gasteiger charge is 2.36. The number of hydrogen-bond acceptors (Lipinski definition) is 3. The number of nitrogens with one attached hydrogen (secondary N) is 1. The highest BCUT2D eigenvalue weighted by atomic mass is 35.5. The van der Waals surface area contributed by atoms with Gasteiger partial charge in [0, 0.05) is 0 Å². The summed E-state index contributed by atoms with van der Waals surface area (Å²) in [7, 11) is 0. The Hall–Kier alpha value is -1.81. The molecule has 138 valence electrons. The minimum Gasteiger partial charge on any atom is -0.378 e. The summed E-state index contributed by atoms with van der Waals surface area (Å²) in [6.45, 7) is -0.299. The molecule has 0 radical (unpaired) electrons. The van der Waals surface area contributed by atoms with Crippen LogP contribution in [0.1, 0.15) is 17.1 Å². The van der Waals surface area contributed by atoms with Crippen LogP contribution in [0.2, 0.25) is 5.02 Å². The van der Waals surface area contributed by atoms with Gasteiger partial charge in [-0.2, -0.15) is 26.3 Å². The van der Waals surface area contributed by atoms with Gasteiger partial charge in [0.05, 0.1) is 29.1 Å². The van der Waals surface area contributed by atoms with E-state index in [0.29, 0.717) is 6.07 Å². The van der Waals surface area contributed by atoms with E-state index < -0.39 is 34.6 Å². The van der Waals surface area contributed by atoms with Crippen LogP contribution in [0.25, 0.3) is 0 Å². The molecule has 2 rings (SSSR count). The fourth-order valence-electron chi connectivity index (χ4n) is 1.72. The van der Waals surface area contributed by atoms with E-state index in [1.54, 1.807) is 0 Å². The maximum atomic E-state index is 13.1. The molecule has 3 nitrogen and oxygen atoms in total. The van der Waals surface area contributed by atoms with Crippen LogP contribution in [0.15, 0.2) is 24.4 Å². The predicted molar refractivity (Wildman–Crippen MR) is 78.0 cm³/mol. The molecule has 0 aliphatic carbocycles. The van der Waals surface area contributed by atoms with Gasteiger partial charge in [0.15, 0.2) is 17.2 Å². The highest BCUT2D eigenvalue weighted by molar-refractivity contribution is 6.31. The Kier molecular flexibility index (Phi) is 6.46. The molecule has 0 aromatic carbocycles. The molecule has 25 heavy (non-hydrogen) atoms. The number of pyridine rings is 2. The minimum atomic E-state index is -4.96. The van der Waals surface area contributed by atoms with Crippen molar-refractivity contribution >= 4 is 29.7 Å². The maximum absolute atomic E-state index is 13.1. The summed E-state index contributed by atoms with van der Waals surface area (Å²) in [5.41, 5.74) is -3.09. The first-order chi connectivity index (χ1) is 11.0. The topological polar surface area (TPSA) is 37.8 Å². The first-order valence-electron chi connectivity index (χ1n) is 6.17. The second-order valence-electron chi connectivity index (χ2n) is 4.54. The lowest BCUT2D eigenvalue weighted by atomic mass is 10.2. The zero-order chi connectivity index (χ0) is 18.1. The van der Waals surface area contributed by atoms with E-state index in [-0.39, 0.29) is 30.3 Å². The van der Waals surface area contributed by atoms with Crippen molar-refractivity contribution in [2.75, 3.05) is 5.32 Å². The van der Waals surface area contributed by atoms with Crippen LogP contribution in [-0.2, 0) is 18.9 Å². The van der Waals surface area contributed by atoms with Crippen LogP contribution in [0.3, 0.4) is 0 Å². The number of aromatic nitrogens is 2. The average molecular weight is 410 g/mol. The summed E-state index contributed by atoms with van der Waals surface area (Å²) in [5.74, 6) is -1.52. The number of rotatable bonds is 3. The number of halogens is 9. The Balaban J connectivity index is 0.00000312. The first kappa shape index (κ1) is 21.2. The molecule has 0 bridgehead atoms. The third kappa shape index (κ3) is 5.33. The maximum Gasteiger partial charge on any atom is 0.436 e. The van der Waals surface area contributed by atoms with E-state index in [1.165, 1.54) is 0 Å². The zero-order valence-electron chi connectivity index (χ0n) is 11.8. The Morgan fingerprint density at radius 1 is 1.00 bits per heavy atom. The molecule has 2 heterocycles. The van der Waals surface area contributed by atoms with Gasteiger partial charge in [0.1, 0.15) is 0 Å². The average Bonchev–Trinajstić information content (AvgIpc) is 2.44. The zero-order valence-corrected chi connectivity index (χ0v) is 13.4. The SMILES string of the molecule is Cl.Fc1ccc(CNc2cnc(C(F)(F)F)c(Cl)c2)nc1C(F)(F)F. The smallest absolute Gasteiger partial charge is 0.378 e. The molecule has 2 aromatic heterocycles. The van der Waals surface area contributed by atoms with Crippen molar-refractivity contribution in [1.82, 2.24) is 9.97 Å². The summed E-state index contributed by atoms with van der Waals surface area (Å²) in [4.78, 5) is 6.29. The second kappa shape index (κ2) is 7.61. The van der Waals surface area contributed by atoms with Crippen molar-refractivity contribution in [2.24, 2.45) is 0 Å². The van der Waals surface area contributed by atoms with Crippen molar-refractivity contribution in [1.29, 1.82) is 0 Å². The van der Waals surface area contributed by atoms with Crippen LogP contribution >= 0.6 is 24.0 Å². The number of hydrogen-bond donors (Lipinski definition) is 1. The van der Waals surface area contributed by atoms with Crippen LogP contribution in [0, 0.1) is 5.82 Å². The van der Waals surface area contributed by atoms with Gasteiger partial charge in [-0.1, -0.05) is 11.6 Å². The molecule has 0 aliphatic rings. The molecule has 0 amide bonds. The van der Waals surface area contributed by atoms with E-state index >= 15 is 0 Å². The van der Waals surface area contributed by atoms with Crippen LogP contribution in [0.4, 0.5) is 36.4 Å². The normalized spacial score (nSPS) is 11.8. The quantitative estimate of drug-likeness (QED) is 0.695. The molecule has 0 saturated carbocycles. The van der Waals surface area contributed by atoms with Crippen molar-refractivity contribution < 1.29 is 30.7 Å². The van der Waals surface area contributed by atoms with Gasteiger partial charge in [0.2, 0.25) is 0 Å². The summed E-state index contributed by atoms with van der Waals surface area (Å²) in [6.07, 6.45) is -8.86. The van der Waals surface area contributed by atoms with E-state index in [1.807, 2.05) is 0 Å². The lowest BCUT2D eigenvalue weighted by Gasteiger charge is -2.12. The van der Waals surface area contributed by atoms with E-state index in [2.05, 4.69) is 15.3 Å². The Morgan fingerprint density at radius 2 is 1.60 bits per heavy atom. The molecular weight excluding hydrogens is 402 g/mol. The lowest BCUT2D eigenvalue weighted by Crippen LogP contribution is -2.14. The lowest BCUT2D eigenvalue weighted by molar-refractivity contribution is -0.144. The molecular formula is C13H8Cl2F7N3.